The molecular weight excluding hydrogens is 290 g/mol. The molecule has 0 fully saturated rings. The van der Waals surface area contributed by atoms with Gasteiger partial charge in [0.1, 0.15) is 0 Å². The molecule has 110 valence electrons. The van der Waals surface area contributed by atoms with Gasteiger partial charge in [-0.15, -0.1) is 0 Å². The van der Waals surface area contributed by atoms with Crippen LogP contribution in [0.15, 0.2) is 53.4 Å². The largest absolute Gasteiger partial charge is 0.399 e. The minimum Gasteiger partial charge on any atom is -0.399 e. The maximum atomic E-state index is 12.0. The summed E-state index contributed by atoms with van der Waals surface area (Å²) in [6, 6.07) is 12.4. The minimum absolute atomic E-state index is 0.0834. The Kier molecular flexibility index (Phi) is 4.25. The number of benzene rings is 2. The smallest absolute Gasteiger partial charge is 0.255 e. The highest BCUT2D eigenvalue weighted by Gasteiger charge is 2.12. The predicted octanol–water partition coefficient (Wildman–Crippen LogP) is 1.43. The molecule has 2 aromatic carbocycles. The van der Waals surface area contributed by atoms with Gasteiger partial charge in [-0.1, -0.05) is 6.07 Å². The number of rotatable bonds is 4. The number of nitrogens with one attached hydrogen (secondary N) is 2. The zero-order valence-corrected chi connectivity index (χ0v) is 12.1. The summed E-state index contributed by atoms with van der Waals surface area (Å²) in [7, 11) is -2.22. The molecule has 0 unspecified atom stereocenters. The van der Waals surface area contributed by atoms with E-state index in [1.165, 1.54) is 19.2 Å². The zero-order chi connectivity index (χ0) is 15.5. The second-order valence-electron chi connectivity index (χ2n) is 4.31. The van der Waals surface area contributed by atoms with Gasteiger partial charge in [0.25, 0.3) is 5.91 Å². The van der Waals surface area contributed by atoms with E-state index in [1.54, 1.807) is 36.4 Å². The molecule has 2 aromatic rings. The van der Waals surface area contributed by atoms with Crippen molar-refractivity contribution >= 4 is 27.3 Å². The van der Waals surface area contributed by atoms with Crippen molar-refractivity contribution in [1.29, 1.82) is 0 Å². The van der Waals surface area contributed by atoms with Crippen molar-refractivity contribution in [2.24, 2.45) is 0 Å². The summed E-state index contributed by atoms with van der Waals surface area (Å²) in [6.45, 7) is 0. The standard InChI is InChI=1S/C14H15N3O3S/c1-16-21(19,20)13-4-2-3-12(9-13)17-14(18)10-5-7-11(15)8-6-10/h2-9,16H,15H2,1H3,(H,17,18). The molecule has 1 amide bonds. The Balaban J connectivity index is 2.22. The highest BCUT2D eigenvalue weighted by Crippen LogP contribution is 2.16. The lowest BCUT2D eigenvalue weighted by atomic mass is 10.2. The van der Waals surface area contributed by atoms with Gasteiger partial charge < -0.3 is 11.1 Å². The normalized spacial score (nSPS) is 11.1. The Morgan fingerprint density at radius 1 is 1.10 bits per heavy atom. The third kappa shape index (κ3) is 3.59. The number of carbonyl (C=O) groups excluding carboxylic acids is 1. The van der Waals surface area contributed by atoms with Crippen molar-refractivity contribution in [3.63, 3.8) is 0 Å². The third-order valence-corrected chi connectivity index (χ3v) is 4.26. The number of hydrogen-bond acceptors (Lipinski definition) is 4. The van der Waals surface area contributed by atoms with Crippen molar-refractivity contribution in [2.75, 3.05) is 18.1 Å². The van der Waals surface area contributed by atoms with Crippen LogP contribution in [0.25, 0.3) is 0 Å². The highest BCUT2D eigenvalue weighted by atomic mass is 32.2. The first kappa shape index (κ1) is 15.0. The van der Waals surface area contributed by atoms with Crippen LogP contribution in [0.5, 0.6) is 0 Å². The van der Waals surface area contributed by atoms with E-state index < -0.39 is 10.0 Å². The van der Waals surface area contributed by atoms with Crippen LogP contribution in [-0.4, -0.2) is 21.4 Å². The van der Waals surface area contributed by atoms with Gasteiger partial charge in [-0.2, -0.15) is 0 Å². The number of anilines is 2. The molecule has 0 aliphatic carbocycles. The van der Waals surface area contributed by atoms with Crippen LogP contribution < -0.4 is 15.8 Å². The van der Waals surface area contributed by atoms with E-state index in [0.717, 1.165) is 0 Å². The van der Waals surface area contributed by atoms with Crippen molar-refractivity contribution in [2.45, 2.75) is 4.90 Å². The Bertz CT molecular complexity index is 755. The molecule has 0 saturated carbocycles. The molecule has 2 rings (SSSR count). The lowest BCUT2D eigenvalue weighted by Gasteiger charge is -2.08. The first-order chi connectivity index (χ1) is 9.92. The van der Waals surface area contributed by atoms with Crippen molar-refractivity contribution < 1.29 is 13.2 Å². The number of carbonyl (C=O) groups is 1. The molecule has 0 spiro atoms. The van der Waals surface area contributed by atoms with E-state index in [-0.39, 0.29) is 10.8 Å². The monoisotopic (exact) mass is 305 g/mol. The van der Waals surface area contributed by atoms with Gasteiger partial charge in [-0.3, -0.25) is 4.79 Å². The van der Waals surface area contributed by atoms with E-state index in [9.17, 15) is 13.2 Å². The average molecular weight is 305 g/mol. The van der Waals surface area contributed by atoms with Crippen LogP contribution in [-0.2, 0) is 10.0 Å². The molecule has 6 nitrogen and oxygen atoms in total. The Labute approximate surface area is 123 Å². The van der Waals surface area contributed by atoms with Crippen LogP contribution in [0.4, 0.5) is 11.4 Å². The second-order valence-corrected chi connectivity index (χ2v) is 6.20. The summed E-state index contributed by atoms with van der Waals surface area (Å²) in [6.07, 6.45) is 0. The summed E-state index contributed by atoms with van der Waals surface area (Å²) < 4.78 is 25.6. The van der Waals surface area contributed by atoms with Crippen molar-refractivity contribution in [1.82, 2.24) is 4.72 Å². The first-order valence-electron chi connectivity index (χ1n) is 6.13. The van der Waals surface area contributed by atoms with Gasteiger partial charge in [0.05, 0.1) is 4.90 Å². The maximum Gasteiger partial charge on any atom is 0.255 e. The lowest BCUT2D eigenvalue weighted by Crippen LogP contribution is -2.19. The van der Waals surface area contributed by atoms with E-state index in [0.29, 0.717) is 16.9 Å². The SMILES string of the molecule is CNS(=O)(=O)c1cccc(NC(=O)c2ccc(N)cc2)c1. The quantitative estimate of drug-likeness (QED) is 0.744. The van der Waals surface area contributed by atoms with Crippen LogP contribution in [0.3, 0.4) is 0 Å². The molecule has 0 atom stereocenters. The fourth-order valence-corrected chi connectivity index (χ4v) is 2.47. The molecule has 0 saturated heterocycles. The van der Waals surface area contributed by atoms with Gasteiger partial charge in [0.15, 0.2) is 0 Å². The van der Waals surface area contributed by atoms with Crippen molar-refractivity contribution in [3.05, 3.63) is 54.1 Å². The number of amides is 1. The summed E-state index contributed by atoms with van der Waals surface area (Å²) in [4.78, 5) is 12.1. The van der Waals surface area contributed by atoms with Gasteiger partial charge in [-0.05, 0) is 49.5 Å². The van der Waals surface area contributed by atoms with Crippen LogP contribution in [0, 0.1) is 0 Å². The second kappa shape index (κ2) is 5.94. The van der Waals surface area contributed by atoms with Gasteiger partial charge >= 0.3 is 0 Å². The van der Waals surface area contributed by atoms with E-state index in [2.05, 4.69) is 10.0 Å². The lowest BCUT2D eigenvalue weighted by molar-refractivity contribution is 0.102. The van der Waals surface area contributed by atoms with Crippen molar-refractivity contribution in [3.8, 4) is 0 Å². The van der Waals surface area contributed by atoms with E-state index >= 15 is 0 Å². The van der Waals surface area contributed by atoms with Gasteiger partial charge in [-0.25, -0.2) is 13.1 Å². The van der Waals surface area contributed by atoms with E-state index in [1.807, 2.05) is 0 Å². The number of nitrogens with two attached hydrogens (primary N) is 1. The molecule has 0 heterocycles. The zero-order valence-electron chi connectivity index (χ0n) is 11.3. The average Bonchev–Trinajstić information content (AvgIpc) is 2.48. The Hall–Kier alpha value is -2.38. The molecule has 21 heavy (non-hydrogen) atoms. The fourth-order valence-electron chi connectivity index (χ4n) is 1.70. The molecule has 0 radical (unpaired) electrons. The fraction of sp³-hybridized carbons (Fsp3) is 0.0714. The molecule has 0 bridgehead atoms. The number of sulfonamides is 1. The Morgan fingerprint density at radius 3 is 2.38 bits per heavy atom. The molecule has 0 aliphatic rings. The molecule has 0 aromatic heterocycles. The molecular formula is C14H15N3O3S. The van der Waals surface area contributed by atoms with Gasteiger partial charge in [0.2, 0.25) is 10.0 Å². The first-order valence-corrected chi connectivity index (χ1v) is 7.61. The molecule has 4 N–H and O–H groups in total. The number of hydrogen-bond donors (Lipinski definition) is 3. The minimum atomic E-state index is -3.54. The predicted molar refractivity (Wildman–Crippen MR) is 81.5 cm³/mol. The summed E-state index contributed by atoms with van der Waals surface area (Å²) in [5.41, 5.74) is 6.95. The Morgan fingerprint density at radius 2 is 1.76 bits per heavy atom. The topological polar surface area (TPSA) is 101 Å². The van der Waals surface area contributed by atoms with Crippen LogP contribution in [0.1, 0.15) is 10.4 Å². The third-order valence-electron chi connectivity index (χ3n) is 2.84. The summed E-state index contributed by atoms with van der Waals surface area (Å²) in [5, 5.41) is 2.64. The number of nitrogen functional groups attached to an aromatic ring is 1. The summed E-state index contributed by atoms with van der Waals surface area (Å²) >= 11 is 0. The molecule has 0 aliphatic heterocycles. The maximum absolute atomic E-state index is 12.0. The highest BCUT2D eigenvalue weighted by molar-refractivity contribution is 7.89. The summed E-state index contributed by atoms with van der Waals surface area (Å²) in [5.74, 6) is -0.339. The van der Waals surface area contributed by atoms with E-state index in [4.69, 9.17) is 5.73 Å². The molecule has 7 heteroatoms. The van der Waals surface area contributed by atoms with Gasteiger partial charge in [0, 0.05) is 16.9 Å². The van der Waals surface area contributed by atoms with Crippen LogP contribution in [0.2, 0.25) is 0 Å². The van der Waals surface area contributed by atoms with Crippen LogP contribution >= 0.6 is 0 Å².